The number of thiophene rings is 1. The lowest BCUT2D eigenvalue weighted by Gasteiger charge is -2.07. The highest BCUT2D eigenvalue weighted by Crippen LogP contribution is 2.29. The molecule has 0 aliphatic heterocycles. The first-order chi connectivity index (χ1) is 7.99. The van der Waals surface area contributed by atoms with E-state index in [0.717, 1.165) is 20.7 Å². The highest BCUT2D eigenvalue weighted by atomic mass is 79.9. The van der Waals surface area contributed by atoms with Gasteiger partial charge in [0.15, 0.2) is 4.21 Å². The van der Waals surface area contributed by atoms with E-state index in [1.807, 2.05) is 6.07 Å². The van der Waals surface area contributed by atoms with Crippen LogP contribution < -0.4 is 4.18 Å². The summed E-state index contributed by atoms with van der Waals surface area (Å²) in [4.78, 5) is 0. The van der Waals surface area contributed by atoms with Crippen LogP contribution in [-0.4, -0.2) is 8.42 Å². The fraction of sp³-hybridized carbons (Fsp3) is 0.0909. The molecule has 0 radical (unpaired) electrons. The van der Waals surface area contributed by atoms with Crippen molar-refractivity contribution in [2.45, 2.75) is 11.1 Å². The summed E-state index contributed by atoms with van der Waals surface area (Å²) in [5, 5.41) is 0. The molecule has 0 amide bonds. The smallest absolute Gasteiger partial charge is 0.348 e. The Morgan fingerprint density at radius 1 is 1.18 bits per heavy atom. The predicted octanol–water partition coefficient (Wildman–Crippen LogP) is 3.59. The molecule has 3 nitrogen and oxygen atoms in total. The first-order valence-corrected chi connectivity index (χ1v) is 7.76. The normalized spacial score (nSPS) is 11.4. The van der Waals surface area contributed by atoms with Crippen LogP contribution in [0, 0.1) is 6.92 Å². The van der Waals surface area contributed by atoms with Gasteiger partial charge in [0.1, 0.15) is 5.75 Å². The van der Waals surface area contributed by atoms with E-state index < -0.39 is 10.1 Å². The maximum Gasteiger partial charge on any atom is 0.348 e. The van der Waals surface area contributed by atoms with Gasteiger partial charge in [0.05, 0.1) is 3.79 Å². The molecule has 0 aliphatic carbocycles. The van der Waals surface area contributed by atoms with Crippen LogP contribution in [0.1, 0.15) is 5.56 Å². The average Bonchev–Trinajstić information content (AvgIpc) is 2.69. The summed E-state index contributed by atoms with van der Waals surface area (Å²) in [6, 6.07) is 10.2. The summed E-state index contributed by atoms with van der Waals surface area (Å²) in [6.45, 7) is 1.80. The van der Waals surface area contributed by atoms with Gasteiger partial charge in [0.25, 0.3) is 0 Å². The van der Waals surface area contributed by atoms with Gasteiger partial charge in [0.2, 0.25) is 0 Å². The molecule has 0 aliphatic rings. The minimum absolute atomic E-state index is 0.188. The number of aryl methyl sites for hydroxylation is 1. The molecule has 0 atom stereocenters. The Morgan fingerprint density at radius 3 is 2.47 bits per heavy atom. The van der Waals surface area contributed by atoms with Gasteiger partial charge >= 0.3 is 10.1 Å². The van der Waals surface area contributed by atoms with Crippen LogP contribution in [0.25, 0.3) is 0 Å². The van der Waals surface area contributed by atoms with Crippen LogP contribution >= 0.6 is 27.3 Å². The van der Waals surface area contributed by atoms with Gasteiger partial charge in [-0.3, -0.25) is 0 Å². The summed E-state index contributed by atoms with van der Waals surface area (Å²) in [5.41, 5.74) is 0.784. The van der Waals surface area contributed by atoms with E-state index in [4.69, 9.17) is 4.18 Å². The maximum absolute atomic E-state index is 11.9. The van der Waals surface area contributed by atoms with E-state index in [-0.39, 0.29) is 4.21 Å². The zero-order chi connectivity index (χ0) is 12.5. The molecule has 0 saturated carbocycles. The van der Waals surface area contributed by atoms with Crippen molar-refractivity contribution in [1.29, 1.82) is 0 Å². The first kappa shape index (κ1) is 12.6. The van der Waals surface area contributed by atoms with E-state index >= 15 is 0 Å². The summed E-state index contributed by atoms with van der Waals surface area (Å²) >= 11 is 4.35. The molecule has 0 unspecified atom stereocenters. The Labute approximate surface area is 112 Å². The molecule has 17 heavy (non-hydrogen) atoms. The van der Waals surface area contributed by atoms with E-state index in [1.54, 1.807) is 31.2 Å². The van der Waals surface area contributed by atoms with Crippen molar-refractivity contribution in [2.24, 2.45) is 0 Å². The Kier molecular flexibility index (Phi) is 3.56. The van der Waals surface area contributed by atoms with Gasteiger partial charge in [-0.25, -0.2) is 0 Å². The second-order valence-electron chi connectivity index (χ2n) is 3.36. The lowest BCUT2D eigenvalue weighted by Crippen LogP contribution is -2.08. The van der Waals surface area contributed by atoms with E-state index in [9.17, 15) is 8.42 Å². The van der Waals surface area contributed by atoms with Crippen LogP contribution in [0.15, 0.2) is 44.4 Å². The van der Waals surface area contributed by atoms with E-state index in [0.29, 0.717) is 5.75 Å². The number of hydrogen-bond donors (Lipinski definition) is 0. The third-order valence-corrected chi connectivity index (χ3v) is 5.40. The van der Waals surface area contributed by atoms with Crippen molar-refractivity contribution in [3.05, 3.63) is 45.7 Å². The molecule has 1 aromatic heterocycles. The fourth-order valence-corrected chi connectivity index (χ4v) is 4.20. The quantitative estimate of drug-likeness (QED) is 0.807. The molecule has 1 heterocycles. The third kappa shape index (κ3) is 2.88. The van der Waals surface area contributed by atoms with Gasteiger partial charge in [-0.2, -0.15) is 8.42 Å². The Balaban J connectivity index is 2.33. The lowest BCUT2D eigenvalue weighted by atomic mass is 10.2. The van der Waals surface area contributed by atoms with Gasteiger partial charge in [0, 0.05) is 0 Å². The maximum atomic E-state index is 11.9. The molecule has 0 spiro atoms. The van der Waals surface area contributed by atoms with E-state index in [2.05, 4.69) is 15.9 Å². The standard InChI is InChI=1S/C11H9BrO3S2/c1-8-4-2-3-5-9(8)15-17(13,14)11-7-6-10(12)16-11/h2-7H,1H3. The third-order valence-electron chi connectivity index (χ3n) is 2.09. The second-order valence-corrected chi connectivity index (χ2v) is 7.60. The van der Waals surface area contributed by atoms with Gasteiger partial charge in [-0.1, -0.05) is 18.2 Å². The van der Waals surface area contributed by atoms with Crippen molar-refractivity contribution in [3.8, 4) is 5.75 Å². The summed E-state index contributed by atoms with van der Waals surface area (Å²) in [6.07, 6.45) is 0. The van der Waals surface area contributed by atoms with Gasteiger partial charge < -0.3 is 4.18 Å². The van der Waals surface area contributed by atoms with Crippen molar-refractivity contribution in [2.75, 3.05) is 0 Å². The second kappa shape index (κ2) is 4.80. The Hall–Kier alpha value is -0.850. The molecule has 0 fully saturated rings. The minimum atomic E-state index is -3.73. The van der Waals surface area contributed by atoms with Crippen molar-refractivity contribution < 1.29 is 12.6 Å². The monoisotopic (exact) mass is 332 g/mol. The SMILES string of the molecule is Cc1ccccc1OS(=O)(=O)c1ccc(Br)s1. The molecule has 0 bridgehead atoms. The molecule has 6 heteroatoms. The number of hydrogen-bond acceptors (Lipinski definition) is 4. The fourth-order valence-electron chi connectivity index (χ4n) is 1.24. The average molecular weight is 333 g/mol. The Morgan fingerprint density at radius 2 is 1.88 bits per heavy atom. The molecule has 0 saturated heterocycles. The molecule has 1 aromatic carbocycles. The zero-order valence-corrected chi connectivity index (χ0v) is 12.1. The molecule has 90 valence electrons. The summed E-state index contributed by atoms with van der Waals surface area (Å²) in [5.74, 6) is 0.358. The van der Waals surface area contributed by atoms with Gasteiger partial charge in [-0.05, 0) is 46.6 Å². The topological polar surface area (TPSA) is 43.4 Å². The van der Waals surface area contributed by atoms with Crippen molar-refractivity contribution in [1.82, 2.24) is 0 Å². The van der Waals surface area contributed by atoms with E-state index in [1.165, 1.54) is 6.07 Å². The summed E-state index contributed by atoms with van der Waals surface area (Å²) < 4.78 is 29.9. The van der Waals surface area contributed by atoms with Crippen molar-refractivity contribution in [3.63, 3.8) is 0 Å². The molecular weight excluding hydrogens is 324 g/mol. The van der Waals surface area contributed by atoms with Crippen LogP contribution in [0.3, 0.4) is 0 Å². The predicted molar refractivity (Wildman–Crippen MR) is 71.0 cm³/mol. The number of halogens is 1. The highest BCUT2D eigenvalue weighted by molar-refractivity contribution is 9.11. The number of rotatable bonds is 3. The number of benzene rings is 1. The molecule has 2 rings (SSSR count). The molecule has 2 aromatic rings. The molecular formula is C11H9BrO3S2. The zero-order valence-electron chi connectivity index (χ0n) is 8.88. The Bertz CT molecular complexity index is 632. The molecule has 0 N–H and O–H groups in total. The first-order valence-electron chi connectivity index (χ1n) is 4.74. The van der Waals surface area contributed by atoms with Crippen molar-refractivity contribution >= 4 is 37.4 Å². The largest absolute Gasteiger partial charge is 0.378 e. The van der Waals surface area contributed by atoms with Crippen LogP contribution in [0.4, 0.5) is 0 Å². The lowest BCUT2D eigenvalue weighted by molar-refractivity contribution is 0.486. The van der Waals surface area contributed by atoms with Crippen LogP contribution in [-0.2, 0) is 10.1 Å². The minimum Gasteiger partial charge on any atom is -0.378 e. The van der Waals surface area contributed by atoms with Gasteiger partial charge in [-0.15, -0.1) is 11.3 Å². The van der Waals surface area contributed by atoms with Crippen LogP contribution in [0.2, 0.25) is 0 Å². The summed E-state index contributed by atoms with van der Waals surface area (Å²) in [7, 11) is -3.73. The van der Waals surface area contributed by atoms with Crippen LogP contribution in [0.5, 0.6) is 5.75 Å². The number of para-hydroxylation sites is 1. The highest BCUT2D eigenvalue weighted by Gasteiger charge is 2.19.